The number of hydrogen-bond acceptors (Lipinski definition) is 3. The third kappa shape index (κ3) is 3.83. The number of carbonyl (C=O) groups excluding carboxylic acids is 1. The minimum absolute atomic E-state index is 0.109. The van der Waals surface area contributed by atoms with E-state index in [1.807, 2.05) is 6.92 Å². The van der Waals surface area contributed by atoms with Crippen molar-refractivity contribution in [2.75, 3.05) is 13.2 Å². The van der Waals surface area contributed by atoms with Gasteiger partial charge in [-0.2, -0.15) is 0 Å². The minimum Gasteiger partial charge on any atom is -0.465 e. The molecule has 20 heavy (non-hydrogen) atoms. The van der Waals surface area contributed by atoms with Gasteiger partial charge in [0.05, 0.1) is 13.2 Å². The zero-order valence-electron chi connectivity index (χ0n) is 13.0. The predicted molar refractivity (Wildman–Crippen MR) is 80.7 cm³/mol. The van der Waals surface area contributed by atoms with Crippen LogP contribution in [-0.2, 0) is 16.1 Å². The molecule has 0 saturated heterocycles. The van der Waals surface area contributed by atoms with Gasteiger partial charge in [-0.1, -0.05) is 17.7 Å². The predicted octanol–water partition coefficient (Wildman–Crippen LogP) is 3.14. The molecular weight excluding hydrogens is 250 g/mol. The van der Waals surface area contributed by atoms with Gasteiger partial charge in [0.15, 0.2) is 0 Å². The molecule has 0 atom stereocenters. The molecule has 0 amide bonds. The maximum absolute atomic E-state index is 11.7. The van der Waals surface area contributed by atoms with Crippen LogP contribution in [0.15, 0.2) is 12.1 Å². The largest absolute Gasteiger partial charge is 0.465 e. The number of benzene rings is 1. The Morgan fingerprint density at radius 2 is 1.85 bits per heavy atom. The van der Waals surface area contributed by atoms with Gasteiger partial charge < -0.3 is 4.74 Å². The third-order valence-corrected chi connectivity index (χ3v) is 3.90. The van der Waals surface area contributed by atoms with Crippen molar-refractivity contribution in [3.63, 3.8) is 0 Å². The van der Waals surface area contributed by atoms with Gasteiger partial charge in [-0.15, -0.1) is 0 Å². The molecule has 1 aromatic carbocycles. The lowest BCUT2D eigenvalue weighted by Gasteiger charge is -2.23. The smallest absolute Gasteiger partial charge is 0.320 e. The standard InChI is InChI=1S/C17H25NO2/c1-5-20-17(19)11-18(15-6-7-15)10-16-13(3)8-12(2)9-14(16)4/h8-9,15H,5-7,10-11H2,1-4H3. The van der Waals surface area contributed by atoms with Crippen molar-refractivity contribution in [3.05, 3.63) is 34.4 Å². The van der Waals surface area contributed by atoms with Crippen LogP contribution >= 0.6 is 0 Å². The van der Waals surface area contributed by atoms with Crippen LogP contribution in [0.25, 0.3) is 0 Å². The van der Waals surface area contributed by atoms with Crippen LogP contribution < -0.4 is 0 Å². The summed E-state index contributed by atoms with van der Waals surface area (Å²) in [6.45, 7) is 10.0. The Balaban J connectivity index is 2.10. The summed E-state index contributed by atoms with van der Waals surface area (Å²) >= 11 is 0. The molecule has 3 heteroatoms. The summed E-state index contributed by atoms with van der Waals surface area (Å²) in [7, 11) is 0. The Labute approximate surface area is 121 Å². The van der Waals surface area contributed by atoms with Crippen LogP contribution in [0.5, 0.6) is 0 Å². The highest BCUT2D eigenvalue weighted by Gasteiger charge is 2.31. The van der Waals surface area contributed by atoms with E-state index in [0.717, 1.165) is 6.54 Å². The van der Waals surface area contributed by atoms with Gasteiger partial charge in [0.25, 0.3) is 0 Å². The maximum atomic E-state index is 11.7. The summed E-state index contributed by atoms with van der Waals surface area (Å²) in [5, 5.41) is 0. The van der Waals surface area contributed by atoms with E-state index in [2.05, 4.69) is 37.8 Å². The molecule has 0 radical (unpaired) electrons. The summed E-state index contributed by atoms with van der Waals surface area (Å²) in [5.41, 5.74) is 5.29. The second-order valence-corrected chi connectivity index (χ2v) is 5.82. The van der Waals surface area contributed by atoms with E-state index in [0.29, 0.717) is 19.2 Å². The average Bonchev–Trinajstić information content (AvgIpc) is 3.16. The zero-order valence-corrected chi connectivity index (χ0v) is 13.0. The van der Waals surface area contributed by atoms with Crippen molar-refractivity contribution in [2.24, 2.45) is 0 Å². The van der Waals surface area contributed by atoms with Gasteiger partial charge >= 0.3 is 5.97 Å². The lowest BCUT2D eigenvalue weighted by molar-refractivity contribution is -0.144. The van der Waals surface area contributed by atoms with Crippen LogP contribution in [0, 0.1) is 20.8 Å². The van der Waals surface area contributed by atoms with Crippen molar-refractivity contribution < 1.29 is 9.53 Å². The summed E-state index contributed by atoms with van der Waals surface area (Å²) in [4.78, 5) is 14.0. The van der Waals surface area contributed by atoms with E-state index < -0.39 is 0 Å². The molecule has 2 rings (SSSR count). The number of nitrogens with zero attached hydrogens (tertiary/aromatic N) is 1. The Kier molecular flexibility index (Phi) is 4.81. The van der Waals surface area contributed by atoms with Crippen LogP contribution in [0.1, 0.15) is 42.0 Å². The first-order valence-electron chi connectivity index (χ1n) is 7.47. The molecule has 0 N–H and O–H groups in total. The van der Waals surface area contributed by atoms with E-state index in [-0.39, 0.29) is 5.97 Å². The molecule has 0 aliphatic heterocycles. The summed E-state index contributed by atoms with van der Waals surface area (Å²) in [5.74, 6) is -0.109. The number of esters is 1. The minimum atomic E-state index is -0.109. The molecule has 3 nitrogen and oxygen atoms in total. The number of ether oxygens (including phenoxy) is 1. The second-order valence-electron chi connectivity index (χ2n) is 5.82. The number of hydrogen-bond donors (Lipinski definition) is 0. The third-order valence-electron chi connectivity index (χ3n) is 3.90. The summed E-state index contributed by atoms with van der Waals surface area (Å²) < 4.78 is 5.09. The molecule has 0 spiro atoms. The highest BCUT2D eigenvalue weighted by atomic mass is 16.5. The van der Waals surface area contributed by atoms with E-state index >= 15 is 0 Å². The number of carbonyl (C=O) groups is 1. The van der Waals surface area contributed by atoms with Crippen LogP contribution in [0.4, 0.5) is 0 Å². The van der Waals surface area contributed by atoms with Crippen LogP contribution in [-0.4, -0.2) is 30.1 Å². The summed E-state index contributed by atoms with van der Waals surface area (Å²) in [6, 6.07) is 5.00. The number of rotatable bonds is 6. The molecule has 1 aliphatic carbocycles. The summed E-state index contributed by atoms with van der Waals surface area (Å²) in [6.07, 6.45) is 2.40. The van der Waals surface area contributed by atoms with Gasteiger partial charge in [-0.05, 0) is 57.2 Å². The topological polar surface area (TPSA) is 29.5 Å². The molecule has 1 aliphatic rings. The lowest BCUT2D eigenvalue weighted by Crippen LogP contribution is -2.33. The van der Waals surface area contributed by atoms with Gasteiger partial charge in [-0.3, -0.25) is 9.69 Å². The molecule has 0 aromatic heterocycles. The molecule has 0 unspecified atom stereocenters. The van der Waals surface area contributed by atoms with Crippen molar-refractivity contribution in [3.8, 4) is 0 Å². The van der Waals surface area contributed by atoms with E-state index in [9.17, 15) is 4.79 Å². The Bertz CT molecular complexity index is 469. The molecule has 110 valence electrons. The Morgan fingerprint density at radius 1 is 1.25 bits per heavy atom. The van der Waals surface area contributed by atoms with Crippen LogP contribution in [0.3, 0.4) is 0 Å². The zero-order chi connectivity index (χ0) is 14.7. The second kappa shape index (κ2) is 6.40. The molecular formula is C17H25NO2. The first-order valence-corrected chi connectivity index (χ1v) is 7.47. The van der Waals surface area contributed by atoms with E-state index in [1.165, 1.54) is 35.1 Å². The number of aryl methyl sites for hydroxylation is 3. The lowest BCUT2D eigenvalue weighted by atomic mass is 9.99. The molecule has 1 fully saturated rings. The molecule has 1 aromatic rings. The SMILES string of the molecule is CCOC(=O)CN(Cc1c(C)cc(C)cc1C)C1CC1. The van der Waals surface area contributed by atoms with Gasteiger partial charge in [0, 0.05) is 12.6 Å². The highest BCUT2D eigenvalue weighted by molar-refractivity contribution is 5.71. The van der Waals surface area contributed by atoms with E-state index in [4.69, 9.17) is 4.74 Å². The van der Waals surface area contributed by atoms with Gasteiger partial charge in [0.2, 0.25) is 0 Å². The van der Waals surface area contributed by atoms with E-state index in [1.54, 1.807) is 0 Å². The highest BCUT2D eigenvalue weighted by Crippen LogP contribution is 2.29. The fraction of sp³-hybridized carbons (Fsp3) is 0.588. The fourth-order valence-electron chi connectivity index (χ4n) is 2.79. The van der Waals surface area contributed by atoms with Crippen molar-refractivity contribution in [1.82, 2.24) is 4.90 Å². The monoisotopic (exact) mass is 275 g/mol. The molecule has 0 bridgehead atoms. The van der Waals surface area contributed by atoms with Crippen molar-refractivity contribution in [1.29, 1.82) is 0 Å². The maximum Gasteiger partial charge on any atom is 0.320 e. The quantitative estimate of drug-likeness (QED) is 0.747. The average molecular weight is 275 g/mol. The normalized spacial score (nSPS) is 14.7. The fourth-order valence-corrected chi connectivity index (χ4v) is 2.79. The van der Waals surface area contributed by atoms with Crippen LogP contribution in [0.2, 0.25) is 0 Å². The first kappa shape index (κ1) is 15.0. The molecule has 0 heterocycles. The van der Waals surface area contributed by atoms with Gasteiger partial charge in [0.1, 0.15) is 0 Å². The Hall–Kier alpha value is -1.35. The van der Waals surface area contributed by atoms with Gasteiger partial charge in [-0.25, -0.2) is 0 Å². The Morgan fingerprint density at radius 3 is 2.35 bits per heavy atom. The van der Waals surface area contributed by atoms with Crippen molar-refractivity contribution in [2.45, 2.75) is 53.1 Å². The molecule has 1 saturated carbocycles. The first-order chi connectivity index (χ1) is 9.51. The van der Waals surface area contributed by atoms with Crippen molar-refractivity contribution >= 4 is 5.97 Å².